The lowest BCUT2D eigenvalue weighted by Crippen LogP contribution is -2.22. The first kappa shape index (κ1) is 19.4. The van der Waals surface area contributed by atoms with Crippen LogP contribution in [0.3, 0.4) is 0 Å². The van der Waals surface area contributed by atoms with Gasteiger partial charge < -0.3 is 10.6 Å². The molecule has 5 heteroatoms. The molecule has 0 saturated heterocycles. The Kier molecular flexibility index (Phi) is 6.67. The van der Waals surface area contributed by atoms with Crippen molar-refractivity contribution in [1.82, 2.24) is 0 Å². The van der Waals surface area contributed by atoms with Gasteiger partial charge in [-0.2, -0.15) is 0 Å². The van der Waals surface area contributed by atoms with Crippen LogP contribution in [0.15, 0.2) is 42.5 Å². The highest BCUT2D eigenvalue weighted by molar-refractivity contribution is 6.08. The molecule has 0 atom stereocenters. The van der Waals surface area contributed by atoms with Crippen molar-refractivity contribution in [3.8, 4) is 0 Å². The first-order valence-corrected chi connectivity index (χ1v) is 8.76. The van der Waals surface area contributed by atoms with Crippen LogP contribution in [0, 0.1) is 0 Å². The molecule has 0 aliphatic carbocycles. The molecule has 0 fully saturated rings. The smallest absolute Gasteiger partial charge is 0.233 e. The average molecular weight is 352 g/mol. The van der Waals surface area contributed by atoms with Crippen LogP contribution >= 0.6 is 0 Å². The molecular formula is C21H24N2O3. The zero-order chi connectivity index (χ0) is 19.1. The number of hydrogen-bond acceptors (Lipinski definition) is 3. The van der Waals surface area contributed by atoms with Crippen LogP contribution < -0.4 is 10.6 Å². The first-order chi connectivity index (χ1) is 12.4. The summed E-state index contributed by atoms with van der Waals surface area (Å²) in [5.74, 6) is -0.863. The summed E-state index contributed by atoms with van der Waals surface area (Å²) in [6, 6.07) is 12.6. The number of Topliss-reactive ketones (excluding diaryl/α,β-unsaturated/α-hetero) is 1. The molecule has 26 heavy (non-hydrogen) atoms. The third kappa shape index (κ3) is 5.02. The van der Waals surface area contributed by atoms with Gasteiger partial charge in [-0.25, -0.2) is 0 Å². The van der Waals surface area contributed by atoms with Crippen LogP contribution in [-0.2, 0) is 22.4 Å². The maximum absolute atomic E-state index is 12.3. The third-order valence-electron chi connectivity index (χ3n) is 4.14. The van der Waals surface area contributed by atoms with Gasteiger partial charge in [0.05, 0.1) is 0 Å². The van der Waals surface area contributed by atoms with Gasteiger partial charge in [-0.3, -0.25) is 14.4 Å². The Morgan fingerprint density at radius 3 is 2.00 bits per heavy atom. The van der Waals surface area contributed by atoms with Crippen LogP contribution in [0.25, 0.3) is 0 Å². The minimum absolute atomic E-state index is 0.0814. The van der Waals surface area contributed by atoms with Gasteiger partial charge in [0.2, 0.25) is 11.8 Å². The maximum atomic E-state index is 12.3. The van der Waals surface area contributed by atoms with Crippen molar-refractivity contribution in [2.24, 2.45) is 0 Å². The van der Waals surface area contributed by atoms with Gasteiger partial charge in [0.15, 0.2) is 5.78 Å². The molecule has 0 radical (unpaired) electrons. The Bertz CT molecular complexity index is 806. The van der Waals surface area contributed by atoms with E-state index in [1.165, 1.54) is 6.92 Å². The fourth-order valence-corrected chi connectivity index (χ4v) is 2.75. The zero-order valence-electron chi connectivity index (χ0n) is 15.4. The molecule has 0 saturated carbocycles. The Morgan fingerprint density at radius 1 is 0.846 bits per heavy atom. The van der Waals surface area contributed by atoms with Crippen LogP contribution in [0.1, 0.15) is 48.7 Å². The molecule has 136 valence electrons. The van der Waals surface area contributed by atoms with Gasteiger partial charge in [-0.15, -0.1) is 0 Å². The maximum Gasteiger partial charge on any atom is 0.233 e. The van der Waals surface area contributed by atoms with E-state index in [2.05, 4.69) is 10.6 Å². The van der Waals surface area contributed by atoms with E-state index in [4.69, 9.17) is 0 Å². The van der Waals surface area contributed by atoms with Gasteiger partial charge in [-0.05, 0) is 43.0 Å². The van der Waals surface area contributed by atoms with Crippen molar-refractivity contribution in [3.05, 3.63) is 59.2 Å². The van der Waals surface area contributed by atoms with E-state index in [1.807, 2.05) is 32.0 Å². The molecule has 0 bridgehead atoms. The summed E-state index contributed by atoms with van der Waals surface area (Å²) in [6.45, 7) is 5.52. The number of aryl methyl sites for hydroxylation is 2. The molecule has 2 N–H and O–H groups in total. The number of hydrogen-bond donors (Lipinski definition) is 2. The number of para-hydroxylation sites is 1. The van der Waals surface area contributed by atoms with Crippen LogP contribution in [0.2, 0.25) is 0 Å². The molecule has 0 aliphatic heterocycles. The van der Waals surface area contributed by atoms with E-state index in [1.54, 1.807) is 24.3 Å². The van der Waals surface area contributed by atoms with Crippen molar-refractivity contribution >= 4 is 29.0 Å². The predicted octanol–water partition coefficient (Wildman–Crippen LogP) is 3.98. The lowest BCUT2D eigenvalue weighted by molar-refractivity contribution is -0.123. The molecule has 2 rings (SSSR count). The number of carbonyl (C=O) groups excluding carboxylic acids is 3. The highest BCUT2D eigenvalue weighted by Gasteiger charge is 2.14. The monoisotopic (exact) mass is 352 g/mol. The normalized spacial score (nSPS) is 10.3. The molecule has 0 aliphatic rings. The van der Waals surface area contributed by atoms with Gasteiger partial charge in [0, 0.05) is 16.9 Å². The van der Waals surface area contributed by atoms with Crippen molar-refractivity contribution in [2.45, 2.75) is 40.0 Å². The number of amides is 2. The number of benzene rings is 2. The number of anilines is 2. The topological polar surface area (TPSA) is 75.3 Å². The van der Waals surface area contributed by atoms with Crippen molar-refractivity contribution in [2.75, 3.05) is 10.6 Å². The lowest BCUT2D eigenvalue weighted by Gasteiger charge is -2.14. The lowest BCUT2D eigenvalue weighted by atomic mass is 10.0. The van der Waals surface area contributed by atoms with Gasteiger partial charge in [0.1, 0.15) is 6.42 Å². The highest BCUT2D eigenvalue weighted by atomic mass is 16.2. The van der Waals surface area contributed by atoms with Crippen LogP contribution in [0.4, 0.5) is 11.4 Å². The summed E-state index contributed by atoms with van der Waals surface area (Å²) in [7, 11) is 0. The minimum Gasteiger partial charge on any atom is -0.326 e. The Labute approximate surface area is 153 Å². The second-order valence-corrected chi connectivity index (χ2v) is 6.07. The molecule has 2 aromatic rings. The number of carbonyl (C=O) groups is 3. The fraction of sp³-hybridized carbons (Fsp3) is 0.286. The number of ketones is 1. The highest BCUT2D eigenvalue weighted by Crippen LogP contribution is 2.22. The average Bonchev–Trinajstić information content (AvgIpc) is 2.61. The second kappa shape index (κ2) is 8.94. The van der Waals surface area contributed by atoms with E-state index in [9.17, 15) is 14.4 Å². The van der Waals surface area contributed by atoms with Crippen LogP contribution in [0.5, 0.6) is 0 Å². The Hall–Kier alpha value is -2.95. The molecule has 0 spiro atoms. The standard InChI is InChI=1S/C21H24N2O3/c1-4-15-8-6-9-16(5-2)21(15)23-20(26)13-19(25)22-18-11-7-10-17(12-18)14(3)24/h6-12H,4-5,13H2,1-3H3,(H,22,25)(H,23,26). The fourth-order valence-electron chi connectivity index (χ4n) is 2.75. The van der Waals surface area contributed by atoms with E-state index in [0.717, 1.165) is 29.7 Å². The third-order valence-corrected chi connectivity index (χ3v) is 4.14. The SMILES string of the molecule is CCc1cccc(CC)c1NC(=O)CC(=O)Nc1cccc(C(C)=O)c1. The summed E-state index contributed by atoms with van der Waals surface area (Å²) in [4.78, 5) is 35.9. The van der Waals surface area contributed by atoms with Crippen molar-refractivity contribution < 1.29 is 14.4 Å². The molecule has 0 unspecified atom stereocenters. The summed E-state index contributed by atoms with van der Waals surface area (Å²) < 4.78 is 0. The molecule has 0 aromatic heterocycles. The minimum atomic E-state index is -0.421. The van der Waals surface area contributed by atoms with Gasteiger partial charge in [-0.1, -0.05) is 44.2 Å². The van der Waals surface area contributed by atoms with Gasteiger partial charge in [0.25, 0.3) is 0 Å². The van der Waals surface area contributed by atoms with E-state index < -0.39 is 5.91 Å². The summed E-state index contributed by atoms with van der Waals surface area (Å²) in [5, 5.41) is 5.53. The largest absolute Gasteiger partial charge is 0.326 e. The van der Waals surface area contributed by atoms with Crippen molar-refractivity contribution in [3.63, 3.8) is 0 Å². The van der Waals surface area contributed by atoms with Crippen molar-refractivity contribution in [1.29, 1.82) is 0 Å². The van der Waals surface area contributed by atoms with Crippen LogP contribution in [-0.4, -0.2) is 17.6 Å². The number of rotatable bonds is 7. The molecule has 2 amide bonds. The molecular weight excluding hydrogens is 328 g/mol. The zero-order valence-corrected chi connectivity index (χ0v) is 15.4. The summed E-state index contributed by atoms with van der Waals surface area (Å²) in [6.07, 6.45) is 1.31. The molecule has 5 nitrogen and oxygen atoms in total. The Balaban J connectivity index is 2.03. The number of nitrogens with one attached hydrogen (secondary N) is 2. The van der Waals surface area contributed by atoms with E-state index in [-0.39, 0.29) is 18.1 Å². The molecule has 0 heterocycles. The predicted molar refractivity (Wildman–Crippen MR) is 104 cm³/mol. The molecule has 2 aromatic carbocycles. The quantitative estimate of drug-likeness (QED) is 0.584. The van der Waals surface area contributed by atoms with E-state index >= 15 is 0 Å². The second-order valence-electron chi connectivity index (χ2n) is 6.07. The van der Waals surface area contributed by atoms with E-state index in [0.29, 0.717) is 11.3 Å². The Morgan fingerprint density at radius 2 is 1.42 bits per heavy atom. The first-order valence-electron chi connectivity index (χ1n) is 8.76. The summed E-state index contributed by atoms with van der Waals surface area (Å²) in [5.41, 5.74) is 3.91. The van der Waals surface area contributed by atoms with Gasteiger partial charge >= 0.3 is 0 Å². The summed E-state index contributed by atoms with van der Waals surface area (Å²) >= 11 is 0.